The highest BCUT2D eigenvalue weighted by atomic mass is 15.1. The molecule has 23 heavy (non-hydrogen) atoms. The summed E-state index contributed by atoms with van der Waals surface area (Å²) in [6.45, 7) is 12.3. The van der Waals surface area contributed by atoms with Crippen molar-refractivity contribution in [2.45, 2.75) is 20.8 Å². The molecule has 0 unspecified atom stereocenters. The molecule has 1 nitrogen and oxygen atoms in total. The van der Waals surface area contributed by atoms with Gasteiger partial charge in [-0.15, -0.1) is 5.73 Å². The molecule has 0 saturated heterocycles. The quantitative estimate of drug-likeness (QED) is 0.502. The molecule has 0 aliphatic rings. The van der Waals surface area contributed by atoms with Gasteiger partial charge in [0.25, 0.3) is 0 Å². The van der Waals surface area contributed by atoms with Crippen LogP contribution in [0.1, 0.15) is 31.9 Å². The molecule has 118 valence electrons. The van der Waals surface area contributed by atoms with Crippen molar-refractivity contribution in [3.8, 4) is 0 Å². The van der Waals surface area contributed by atoms with Gasteiger partial charge in [-0.25, -0.2) is 0 Å². The van der Waals surface area contributed by atoms with Crippen LogP contribution < -0.4 is 0 Å². The summed E-state index contributed by atoms with van der Waals surface area (Å²) in [4.78, 5) is 2.30. The predicted octanol–water partition coefficient (Wildman–Crippen LogP) is 5.52. The van der Waals surface area contributed by atoms with Gasteiger partial charge in [-0.1, -0.05) is 67.2 Å². The molecule has 2 aromatic rings. The molecule has 0 aliphatic carbocycles. The molecule has 0 fully saturated rings. The fourth-order valence-electron chi connectivity index (χ4n) is 2.95. The summed E-state index contributed by atoms with van der Waals surface area (Å²) in [6, 6.07) is 21.1. The van der Waals surface area contributed by atoms with Crippen LogP contribution in [-0.4, -0.2) is 18.0 Å². The average molecular weight is 303 g/mol. The third kappa shape index (κ3) is 3.83. The van der Waals surface area contributed by atoms with Crippen LogP contribution in [0.2, 0.25) is 0 Å². The van der Waals surface area contributed by atoms with Gasteiger partial charge in [0.05, 0.1) is 5.70 Å². The Kier molecular flexibility index (Phi) is 6.02. The van der Waals surface area contributed by atoms with Crippen LogP contribution in [0.3, 0.4) is 0 Å². The van der Waals surface area contributed by atoms with Crippen molar-refractivity contribution in [1.29, 1.82) is 0 Å². The van der Waals surface area contributed by atoms with Gasteiger partial charge in [0.1, 0.15) is 0 Å². The molecule has 0 aromatic heterocycles. The van der Waals surface area contributed by atoms with Crippen LogP contribution in [-0.2, 0) is 0 Å². The maximum Gasteiger partial charge on any atom is 0.0829 e. The molecule has 0 atom stereocenters. The lowest BCUT2D eigenvalue weighted by Gasteiger charge is -2.25. The maximum atomic E-state index is 3.93. The second kappa shape index (κ2) is 8.22. The second-order valence-electron chi connectivity index (χ2n) is 5.43. The Balaban J connectivity index is 2.67. The van der Waals surface area contributed by atoms with E-state index in [0.717, 1.165) is 18.8 Å². The van der Waals surface area contributed by atoms with Crippen molar-refractivity contribution in [2.24, 2.45) is 0 Å². The molecule has 0 bridgehead atoms. The average Bonchev–Trinajstić information content (AvgIpc) is 2.61. The van der Waals surface area contributed by atoms with Gasteiger partial charge in [0.15, 0.2) is 0 Å². The molecular weight excluding hydrogens is 278 g/mol. The number of rotatable bonds is 6. The van der Waals surface area contributed by atoms with Crippen molar-refractivity contribution in [2.75, 3.05) is 13.1 Å². The van der Waals surface area contributed by atoms with Crippen LogP contribution in [0, 0.1) is 0 Å². The molecular formula is C22H25N. The van der Waals surface area contributed by atoms with Gasteiger partial charge in [0.2, 0.25) is 0 Å². The van der Waals surface area contributed by atoms with Gasteiger partial charge >= 0.3 is 0 Å². The van der Waals surface area contributed by atoms with E-state index in [4.69, 9.17) is 0 Å². The summed E-state index contributed by atoms with van der Waals surface area (Å²) < 4.78 is 0. The molecule has 2 aromatic carbocycles. The number of likely N-dealkylation sites (N-methyl/N-ethyl adjacent to an activating group) is 1. The third-order valence-corrected chi connectivity index (χ3v) is 4.10. The molecule has 0 amide bonds. The summed E-state index contributed by atoms with van der Waals surface area (Å²) in [5, 5.41) is 0. The van der Waals surface area contributed by atoms with Crippen molar-refractivity contribution in [1.82, 2.24) is 4.90 Å². The first kappa shape index (κ1) is 16.9. The Labute approximate surface area is 140 Å². The minimum atomic E-state index is 0.947. The summed E-state index contributed by atoms with van der Waals surface area (Å²) in [5.41, 5.74) is 9.13. The van der Waals surface area contributed by atoms with Crippen LogP contribution in [0.15, 0.2) is 84.2 Å². The minimum absolute atomic E-state index is 0.947. The highest BCUT2D eigenvalue weighted by Crippen LogP contribution is 2.30. The topological polar surface area (TPSA) is 3.24 Å². The van der Waals surface area contributed by atoms with Crippen molar-refractivity contribution in [3.05, 3.63) is 95.4 Å². The van der Waals surface area contributed by atoms with Gasteiger partial charge in [-0.05, 0) is 43.0 Å². The lowest BCUT2D eigenvalue weighted by molar-refractivity contribution is 0.390. The first-order valence-electron chi connectivity index (χ1n) is 8.20. The largest absolute Gasteiger partial charge is 0.366 e. The normalized spacial score (nSPS) is 9.87. The Morgan fingerprint density at radius 3 is 1.65 bits per heavy atom. The third-order valence-electron chi connectivity index (χ3n) is 4.10. The smallest absolute Gasteiger partial charge is 0.0829 e. The lowest BCUT2D eigenvalue weighted by Crippen LogP contribution is -2.23. The van der Waals surface area contributed by atoms with E-state index in [1.807, 2.05) is 0 Å². The molecule has 0 saturated carbocycles. The van der Waals surface area contributed by atoms with E-state index in [2.05, 4.69) is 98.6 Å². The summed E-state index contributed by atoms with van der Waals surface area (Å²) in [6.07, 6.45) is 0. The minimum Gasteiger partial charge on any atom is -0.366 e. The van der Waals surface area contributed by atoms with E-state index in [1.165, 1.54) is 22.3 Å². The molecule has 0 spiro atoms. The number of allylic oxidation sites excluding steroid dienone is 1. The standard InChI is InChI=1S/C22H25N/c1-5-21(23(6-2)7-3)18(4)22(19-14-10-8-11-15-19)20-16-12-9-13-17-20/h8-17H,1,6-7H2,2-4H3. The lowest BCUT2D eigenvalue weighted by atomic mass is 9.92. The molecule has 0 radical (unpaired) electrons. The van der Waals surface area contributed by atoms with Crippen LogP contribution in [0.25, 0.3) is 5.57 Å². The van der Waals surface area contributed by atoms with Crippen molar-refractivity contribution in [3.63, 3.8) is 0 Å². The van der Waals surface area contributed by atoms with Crippen LogP contribution in [0.5, 0.6) is 0 Å². The van der Waals surface area contributed by atoms with E-state index in [0.29, 0.717) is 0 Å². The Morgan fingerprint density at radius 1 is 0.870 bits per heavy atom. The van der Waals surface area contributed by atoms with Gasteiger partial charge in [0, 0.05) is 13.1 Å². The summed E-state index contributed by atoms with van der Waals surface area (Å²) in [7, 11) is 0. The van der Waals surface area contributed by atoms with Crippen LogP contribution >= 0.6 is 0 Å². The molecule has 0 N–H and O–H groups in total. The fourth-order valence-corrected chi connectivity index (χ4v) is 2.95. The van der Waals surface area contributed by atoms with E-state index >= 15 is 0 Å². The zero-order valence-electron chi connectivity index (χ0n) is 14.3. The van der Waals surface area contributed by atoms with E-state index in [9.17, 15) is 0 Å². The Hall–Kier alpha value is -2.50. The molecule has 1 heteroatoms. The number of benzene rings is 2. The van der Waals surface area contributed by atoms with Crippen LogP contribution in [0.4, 0.5) is 0 Å². The van der Waals surface area contributed by atoms with E-state index in [-0.39, 0.29) is 0 Å². The number of hydrogen-bond donors (Lipinski definition) is 0. The molecule has 2 rings (SSSR count). The van der Waals surface area contributed by atoms with Gasteiger partial charge in [-0.3, -0.25) is 0 Å². The SMILES string of the molecule is C=C=C(C(C)=C(c1ccccc1)c1ccccc1)N(CC)CC. The molecule has 0 heterocycles. The highest BCUT2D eigenvalue weighted by molar-refractivity contribution is 5.84. The molecule has 0 aliphatic heterocycles. The van der Waals surface area contributed by atoms with E-state index in [1.54, 1.807) is 0 Å². The first-order valence-corrected chi connectivity index (χ1v) is 8.20. The summed E-state index contributed by atoms with van der Waals surface area (Å²) in [5.74, 6) is 0. The van der Waals surface area contributed by atoms with Crippen molar-refractivity contribution >= 4 is 5.57 Å². The van der Waals surface area contributed by atoms with Gasteiger partial charge < -0.3 is 4.90 Å². The van der Waals surface area contributed by atoms with Gasteiger partial charge in [-0.2, -0.15) is 0 Å². The monoisotopic (exact) mass is 303 g/mol. The maximum absolute atomic E-state index is 3.93. The Bertz CT molecular complexity index is 659. The first-order chi connectivity index (χ1) is 11.2. The Morgan fingerprint density at radius 2 is 1.30 bits per heavy atom. The second-order valence-corrected chi connectivity index (χ2v) is 5.43. The summed E-state index contributed by atoms with van der Waals surface area (Å²) >= 11 is 0. The number of nitrogens with zero attached hydrogens (tertiary/aromatic N) is 1. The highest BCUT2D eigenvalue weighted by Gasteiger charge is 2.15. The predicted molar refractivity (Wildman–Crippen MR) is 100 cm³/mol. The zero-order valence-corrected chi connectivity index (χ0v) is 14.3. The number of hydrogen-bond acceptors (Lipinski definition) is 1. The fraction of sp³-hybridized carbons (Fsp3) is 0.227. The van der Waals surface area contributed by atoms with Crippen molar-refractivity contribution < 1.29 is 0 Å². The zero-order chi connectivity index (χ0) is 16.7. The van der Waals surface area contributed by atoms with E-state index < -0.39 is 0 Å².